The van der Waals surface area contributed by atoms with Crippen LogP contribution in [-0.2, 0) is 9.59 Å². The minimum Gasteiger partial charge on any atom is -0.366 e. The van der Waals surface area contributed by atoms with Crippen molar-refractivity contribution in [2.45, 2.75) is 13.0 Å². The second kappa shape index (κ2) is 10.0. The number of urea groups is 1. The quantitative estimate of drug-likeness (QED) is 0.572. The maximum atomic E-state index is 12.3. The molecule has 2 rings (SSSR count). The summed E-state index contributed by atoms with van der Waals surface area (Å²) in [4.78, 5) is 38.1. The Hall–Kier alpha value is -2.69. The summed E-state index contributed by atoms with van der Waals surface area (Å²) in [6.45, 7) is 3.29. The summed E-state index contributed by atoms with van der Waals surface area (Å²) in [7, 11) is 0. The molecule has 7 nitrogen and oxygen atoms in total. The van der Waals surface area contributed by atoms with Crippen molar-refractivity contribution in [1.29, 1.82) is 0 Å². The third-order valence-corrected chi connectivity index (χ3v) is 4.70. The molecule has 0 radical (unpaired) electrons. The Labute approximate surface area is 173 Å². The molecule has 1 heterocycles. The SMILES string of the molecule is C[C@@H](C#Cc1ccc(Cl)c(Cl)c1)NC(=O)N1CCN(C(=O)/C=C/C(N)=O)CC1. The molecule has 1 atom stereocenters. The number of carbonyl (C=O) groups excluding carboxylic acids is 3. The fourth-order valence-corrected chi connectivity index (χ4v) is 2.76. The summed E-state index contributed by atoms with van der Waals surface area (Å²) in [5.74, 6) is 4.90. The van der Waals surface area contributed by atoms with E-state index in [4.69, 9.17) is 28.9 Å². The molecule has 4 amide bonds. The number of nitrogens with zero attached hydrogens (tertiary/aromatic N) is 2. The van der Waals surface area contributed by atoms with Gasteiger partial charge in [-0.3, -0.25) is 9.59 Å². The number of halogens is 2. The first-order valence-electron chi connectivity index (χ1n) is 8.54. The molecule has 0 unspecified atom stereocenters. The summed E-state index contributed by atoms with van der Waals surface area (Å²) < 4.78 is 0. The summed E-state index contributed by atoms with van der Waals surface area (Å²) >= 11 is 11.8. The van der Waals surface area contributed by atoms with Gasteiger partial charge in [-0.15, -0.1) is 0 Å². The summed E-state index contributed by atoms with van der Waals surface area (Å²) in [5.41, 5.74) is 5.67. The third kappa shape index (κ3) is 6.48. The molecule has 28 heavy (non-hydrogen) atoms. The first-order valence-corrected chi connectivity index (χ1v) is 9.30. The monoisotopic (exact) mass is 422 g/mol. The normalized spacial score (nSPS) is 15.0. The second-order valence-electron chi connectivity index (χ2n) is 6.12. The van der Waals surface area contributed by atoms with Crippen LogP contribution in [0.1, 0.15) is 12.5 Å². The Morgan fingerprint density at radius 3 is 2.36 bits per heavy atom. The lowest BCUT2D eigenvalue weighted by Crippen LogP contribution is -2.54. The molecule has 0 aliphatic carbocycles. The molecule has 0 spiro atoms. The Morgan fingerprint density at radius 2 is 1.75 bits per heavy atom. The van der Waals surface area contributed by atoms with E-state index in [2.05, 4.69) is 17.2 Å². The van der Waals surface area contributed by atoms with Gasteiger partial charge < -0.3 is 20.9 Å². The zero-order valence-electron chi connectivity index (χ0n) is 15.2. The van der Waals surface area contributed by atoms with Gasteiger partial charge in [-0.2, -0.15) is 0 Å². The van der Waals surface area contributed by atoms with Crippen LogP contribution in [-0.4, -0.2) is 59.9 Å². The molecular weight excluding hydrogens is 403 g/mol. The van der Waals surface area contributed by atoms with E-state index in [0.717, 1.165) is 12.2 Å². The second-order valence-corrected chi connectivity index (χ2v) is 6.93. The van der Waals surface area contributed by atoms with Gasteiger partial charge in [-0.1, -0.05) is 35.0 Å². The maximum Gasteiger partial charge on any atom is 0.318 e. The Bertz CT molecular complexity index is 852. The zero-order chi connectivity index (χ0) is 20.7. The first kappa shape index (κ1) is 21.6. The molecule has 0 saturated carbocycles. The molecular formula is C19H20Cl2N4O3. The van der Waals surface area contributed by atoms with E-state index in [0.29, 0.717) is 41.8 Å². The number of benzene rings is 1. The van der Waals surface area contributed by atoms with Gasteiger partial charge >= 0.3 is 6.03 Å². The number of nitrogens with two attached hydrogens (primary N) is 1. The van der Waals surface area contributed by atoms with Crippen LogP contribution in [0.15, 0.2) is 30.4 Å². The van der Waals surface area contributed by atoms with Crippen molar-refractivity contribution < 1.29 is 14.4 Å². The molecule has 1 fully saturated rings. The van der Waals surface area contributed by atoms with Crippen molar-refractivity contribution in [3.63, 3.8) is 0 Å². The molecule has 1 aromatic carbocycles. The molecule has 148 valence electrons. The highest BCUT2D eigenvalue weighted by atomic mass is 35.5. The van der Waals surface area contributed by atoms with Crippen LogP contribution >= 0.6 is 23.2 Å². The Morgan fingerprint density at radius 1 is 1.11 bits per heavy atom. The van der Waals surface area contributed by atoms with Crippen LogP contribution in [0.2, 0.25) is 10.0 Å². The number of piperazine rings is 1. The molecule has 1 aliphatic heterocycles. The highest BCUT2D eigenvalue weighted by molar-refractivity contribution is 6.42. The van der Waals surface area contributed by atoms with Gasteiger partial charge in [-0.25, -0.2) is 4.79 Å². The lowest BCUT2D eigenvalue weighted by Gasteiger charge is -2.34. The molecule has 1 aliphatic rings. The van der Waals surface area contributed by atoms with Crippen LogP contribution in [0.3, 0.4) is 0 Å². The topological polar surface area (TPSA) is 95.7 Å². The molecule has 0 aromatic heterocycles. The van der Waals surface area contributed by atoms with Crippen molar-refractivity contribution in [3.8, 4) is 11.8 Å². The minimum atomic E-state index is -0.678. The van der Waals surface area contributed by atoms with Crippen molar-refractivity contribution in [2.24, 2.45) is 5.73 Å². The van der Waals surface area contributed by atoms with Crippen molar-refractivity contribution in [2.75, 3.05) is 26.2 Å². The van der Waals surface area contributed by atoms with Crippen LogP contribution in [0.25, 0.3) is 0 Å². The number of amides is 4. The summed E-state index contributed by atoms with van der Waals surface area (Å²) in [6.07, 6.45) is 2.16. The highest BCUT2D eigenvalue weighted by Gasteiger charge is 2.23. The van der Waals surface area contributed by atoms with E-state index >= 15 is 0 Å². The highest BCUT2D eigenvalue weighted by Crippen LogP contribution is 2.22. The van der Waals surface area contributed by atoms with E-state index in [-0.39, 0.29) is 18.0 Å². The van der Waals surface area contributed by atoms with Crippen molar-refractivity contribution >= 4 is 41.0 Å². The van der Waals surface area contributed by atoms with Crippen LogP contribution in [0.4, 0.5) is 4.79 Å². The van der Waals surface area contributed by atoms with E-state index in [1.807, 2.05) is 0 Å². The summed E-state index contributed by atoms with van der Waals surface area (Å²) in [5, 5.41) is 3.68. The van der Waals surface area contributed by atoms with Crippen molar-refractivity contribution in [3.05, 3.63) is 46.0 Å². The van der Waals surface area contributed by atoms with Crippen molar-refractivity contribution in [1.82, 2.24) is 15.1 Å². The van der Waals surface area contributed by atoms with Gasteiger partial charge in [0.2, 0.25) is 11.8 Å². The first-order chi connectivity index (χ1) is 13.3. The minimum absolute atomic E-state index is 0.254. The molecule has 1 saturated heterocycles. The van der Waals surface area contributed by atoms with Gasteiger partial charge in [0.1, 0.15) is 0 Å². The Kier molecular flexibility index (Phi) is 7.73. The van der Waals surface area contributed by atoms with Gasteiger partial charge in [0.25, 0.3) is 0 Å². The third-order valence-electron chi connectivity index (χ3n) is 3.96. The van der Waals surface area contributed by atoms with E-state index in [1.165, 1.54) is 0 Å². The average Bonchev–Trinajstić information content (AvgIpc) is 2.67. The van der Waals surface area contributed by atoms with Crippen LogP contribution in [0.5, 0.6) is 0 Å². The standard InChI is InChI=1S/C19H20Cl2N4O3/c1-13(2-3-14-4-5-15(20)16(21)12-14)23-19(28)25-10-8-24(9-11-25)18(27)7-6-17(22)26/h4-7,12-13H,8-11H2,1H3,(H2,22,26)(H,23,28)/b7-6+/t13-/m0/s1. The van der Waals surface area contributed by atoms with Gasteiger partial charge in [-0.05, 0) is 25.1 Å². The lowest BCUT2D eigenvalue weighted by atomic mass is 10.2. The smallest absolute Gasteiger partial charge is 0.318 e. The predicted molar refractivity (Wildman–Crippen MR) is 108 cm³/mol. The molecule has 9 heteroatoms. The maximum absolute atomic E-state index is 12.3. The predicted octanol–water partition coefficient (Wildman–Crippen LogP) is 1.63. The van der Waals surface area contributed by atoms with Gasteiger partial charge in [0.15, 0.2) is 0 Å². The van der Waals surface area contributed by atoms with Gasteiger partial charge in [0, 0.05) is 43.9 Å². The van der Waals surface area contributed by atoms with Crippen LogP contribution in [0, 0.1) is 11.8 Å². The lowest BCUT2D eigenvalue weighted by molar-refractivity contribution is -0.127. The van der Waals surface area contributed by atoms with E-state index in [1.54, 1.807) is 34.9 Å². The van der Waals surface area contributed by atoms with E-state index < -0.39 is 5.91 Å². The summed E-state index contributed by atoms with van der Waals surface area (Å²) in [6, 6.07) is 4.44. The Balaban J connectivity index is 1.84. The molecule has 1 aromatic rings. The fourth-order valence-electron chi connectivity index (χ4n) is 2.47. The van der Waals surface area contributed by atoms with Crippen LogP contribution < -0.4 is 11.1 Å². The number of carbonyl (C=O) groups is 3. The number of hydrogen-bond donors (Lipinski definition) is 2. The zero-order valence-corrected chi connectivity index (χ0v) is 16.8. The number of primary amides is 1. The molecule has 0 bridgehead atoms. The van der Waals surface area contributed by atoms with Gasteiger partial charge in [0.05, 0.1) is 16.1 Å². The number of nitrogens with one attached hydrogen (secondary N) is 1. The number of rotatable bonds is 3. The fraction of sp³-hybridized carbons (Fsp3) is 0.316. The number of hydrogen-bond acceptors (Lipinski definition) is 3. The average molecular weight is 423 g/mol. The van der Waals surface area contributed by atoms with E-state index in [9.17, 15) is 14.4 Å². The molecule has 3 N–H and O–H groups in total. The largest absolute Gasteiger partial charge is 0.366 e.